The normalized spacial score (nSPS) is 22.3. The van der Waals surface area contributed by atoms with Gasteiger partial charge in [0.05, 0.1) is 13.2 Å². The van der Waals surface area contributed by atoms with Crippen LogP contribution in [0.2, 0.25) is 0 Å². The lowest BCUT2D eigenvalue weighted by atomic mass is 10.0. The SMILES string of the molecule is CCC1COCCN1C(CN)CCc1ccccc1. The molecule has 3 nitrogen and oxygen atoms in total. The van der Waals surface area contributed by atoms with Crippen LogP contribution in [0.3, 0.4) is 0 Å². The number of nitrogens with two attached hydrogens (primary N) is 1. The molecule has 2 rings (SSSR count). The Kier molecular flexibility index (Phi) is 5.83. The van der Waals surface area contributed by atoms with Crippen LogP contribution in [0, 0.1) is 0 Å². The predicted octanol–water partition coefficient (Wildman–Crippen LogP) is 2.06. The van der Waals surface area contributed by atoms with E-state index in [-0.39, 0.29) is 0 Å². The summed E-state index contributed by atoms with van der Waals surface area (Å²) in [5.41, 5.74) is 7.41. The molecule has 0 aliphatic carbocycles. The number of hydrogen-bond acceptors (Lipinski definition) is 3. The van der Waals surface area contributed by atoms with Gasteiger partial charge in [0, 0.05) is 25.2 Å². The largest absolute Gasteiger partial charge is 0.378 e. The molecule has 1 aromatic carbocycles. The molecule has 0 saturated carbocycles. The molecule has 0 spiro atoms. The van der Waals surface area contributed by atoms with Gasteiger partial charge in [-0.2, -0.15) is 0 Å². The van der Waals surface area contributed by atoms with E-state index in [1.165, 1.54) is 5.56 Å². The zero-order valence-corrected chi connectivity index (χ0v) is 11.9. The van der Waals surface area contributed by atoms with Crippen molar-refractivity contribution in [3.8, 4) is 0 Å². The van der Waals surface area contributed by atoms with Gasteiger partial charge < -0.3 is 10.5 Å². The number of nitrogens with zero attached hydrogens (tertiary/aromatic N) is 1. The lowest BCUT2D eigenvalue weighted by Crippen LogP contribution is -2.53. The molecule has 1 aliphatic rings. The standard InChI is InChI=1S/C16H26N2O/c1-2-15-13-19-11-10-18(15)16(12-17)9-8-14-6-4-3-5-7-14/h3-7,15-16H,2,8-13,17H2,1H3. The third-order valence-corrected chi connectivity index (χ3v) is 4.09. The van der Waals surface area contributed by atoms with Gasteiger partial charge in [0.25, 0.3) is 0 Å². The fourth-order valence-corrected chi connectivity index (χ4v) is 2.90. The van der Waals surface area contributed by atoms with Crippen molar-refractivity contribution in [2.75, 3.05) is 26.3 Å². The maximum Gasteiger partial charge on any atom is 0.0622 e. The lowest BCUT2D eigenvalue weighted by Gasteiger charge is -2.40. The predicted molar refractivity (Wildman–Crippen MR) is 79.2 cm³/mol. The van der Waals surface area contributed by atoms with Crippen LogP contribution in [-0.4, -0.2) is 43.3 Å². The molecule has 1 fully saturated rings. The monoisotopic (exact) mass is 262 g/mol. The van der Waals surface area contributed by atoms with Crippen molar-refractivity contribution in [2.24, 2.45) is 5.73 Å². The Hall–Kier alpha value is -0.900. The van der Waals surface area contributed by atoms with Crippen molar-refractivity contribution in [3.63, 3.8) is 0 Å². The van der Waals surface area contributed by atoms with Crippen molar-refractivity contribution in [1.82, 2.24) is 4.90 Å². The first-order valence-electron chi connectivity index (χ1n) is 7.42. The summed E-state index contributed by atoms with van der Waals surface area (Å²) in [6.45, 7) is 5.70. The highest BCUT2D eigenvalue weighted by molar-refractivity contribution is 5.14. The Morgan fingerprint density at radius 2 is 2.16 bits per heavy atom. The number of morpholine rings is 1. The number of aryl methyl sites for hydroxylation is 1. The highest BCUT2D eigenvalue weighted by Gasteiger charge is 2.27. The van der Waals surface area contributed by atoms with E-state index in [4.69, 9.17) is 10.5 Å². The summed E-state index contributed by atoms with van der Waals surface area (Å²) in [4.78, 5) is 2.56. The van der Waals surface area contributed by atoms with Gasteiger partial charge in [-0.05, 0) is 24.8 Å². The second-order valence-corrected chi connectivity index (χ2v) is 5.29. The molecule has 19 heavy (non-hydrogen) atoms. The average molecular weight is 262 g/mol. The Morgan fingerprint density at radius 3 is 2.84 bits per heavy atom. The van der Waals surface area contributed by atoms with E-state index in [1.54, 1.807) is 0 Å². The summed E-state index contributed by atoms with van der Waals surface area (Å²) in [5.74, 6) is 0. The second kappa shape index (κ2) is 7.63. The highest BCUT2D eigenvalue weighted by atomic mass is 16.5. The van der Waals surface area contributed by atoms with Crippen molar-refractivity contribution >= 4 is 0 Å². The van der Waals surface area contributed by atoms with Crippen molar-refractivity contribution < 1.29 is 4.74 Å². The zero-order chi connectivity index (χ0) is 13.5. The average Bonchev–Trinajstić information content (AvgIpc) is 2.49. The molecular weight excluding hydrogens is 236 g/mol. The van der Waals surface area contributed by atoms with E-state index >= 15 is 0 Å². The van der Waals surface area contributed by atoms with Crippen LogP contribution >= 0.6 is 0 Å². The first kappa shape index (κ1) is 14.5. The maximum atomic E-state index is 6.00. The van der Waals surface area contributed by atoms with E-state index in [0.717, 1.165) is 45.6 Å². The van der Waals surface area contributed by atoms with Crippen molar-refractivity contribution in [3.05, 3.63) is 35.9 Å². The van der Waals surface area contributed by atoms with E-state index in [9.17, 15) is 0 Å². The molecule has 0 aromatic heterocycles. The number of rotatable bonds is 6. The van der Waals surface area contributed by atoms with Gasteiger partial charge in [-0.25, -0.2) is 0 Å². The van der Waals surface area contributed by atoms with E-state index in [1.807, 2.05) is 0 Å². The van der Waals surface area contributed by atoms with Crippen LogP contribution in [0.15, 0.2) is 30.3 Å². The molecule has 0 radical (unpaired) electrons. The molecule has 106 valence electrons. The number of hydrogen-bond donors (Lipinski definition) is 1. The summed E-state index contributed by atoms with van der Waals surface area (Å²) in [6.07, 6.45) is 3.38. The number of benzene rings is 1. The van der Waals surface area contributed by atoms with Crippen LogP contribution in [0.5, 0.6) is 0 Å². The maximum absolute atomic E-state index is 6.00. The molecule has 3 heteroatoms. The molecule has 2 unspecified atom stereocenters. The Bertz CT molecular complexity index is 355. The van der Waals surface area contributed by atoms with Gasteiger partial charge in [0.1, 0.15) is 0 Å². The third kappa shape index (κ3) is 4.03. The molecule has 1 saturated heterocycles. The minimum Gasteiger partial charge on any atom is -0.378 e. The first-order valence-corrected chi connectivity index (χ1v) is 7.42. The molecule has 0 bridgehead atoms. The van der Waals surface area contributed by atoms with Crippen molar-refractivity contribution in [2.45, 2.75) is 38.3 Å². The topological polar surface area (TPSA) is 38.5 Å². The van der Waals surface area contributed by atoms with Gasteiger partial charge in [-0.3, -0.25) is 4.90 Å². The molecule has 2 atom stereocenters. The first-order chi connectivity index (χ1) is 9.35. The summed E-state index contributed by atoms with van der Waals surface area (Å²) in [6, 6.07) is 11.7. The van der Waals surface area contributed by atoms with Gasteiger partial charge in [0.15, 0.2) is 0 Å². The molecule has 0 amide bonds. The third-order valence-electron chi connectivity index (χ3n) is 4.09. The lowest BCUT2D eigenvalue weighted by molar-refractivity contribution is -0.0297. The second-order valence-electron chi connectivity index (χ2n) is 5.29. The quantitative estimate of drug-likeness (QED) is 0.853. The van der Waals surface area contributed by atoms with Crippen LogP contribution in [0.1, 0.15) is 25.3 Å². The minimum absolute atomic E-state index is 0.481. The van der Waals surface area contributed by atoms with Gasteiger partial charge in [0.2, 0.25) is 0 Å². The smallest absolute Gasteiger partial charge is 0.0622 e. The van der Waals surface area contributed by atoms with Crippen LogP contribution in [-0.2, 0) is 11.2 Å². The van der Waals surface area contributed by atoms with Gasteiger partial charge in [-0.15, -0.1) is 0 Å². The fourth-order valence-electron chi connectivity index (χ4n) is 2.90. The molecule has 1 heterocycles. The summed E-state index contributed by atoms with van der Waals surface area (Å²) in [7, 11) is 0. The minimum atomic E-state index is 0.481. The van der Waals surface area contributed by atoms with E-state index < -0.39 is 0 Å². The highest BCUT2D eigenvalue weighted by Crippen LogP contribution is 2.17. The van der Waals surface area contributed by atoms with E-state index in [2.05, 4.69) is 42.2 Å². The van der Waals surface area contributed by atoms with Gasteiger partial charge in [-0.1, -0.05) is 37.3 Å². The Labute approximate surface area is 116 Å². The summed E-state index contributed by atoms with van der Waals surface area (Å²) < 4.78 is 5.58. The van der Waals surface area contributed by atoms with Crippen LogP contribution < -0.4 is 5.73 Å². The zero-order valence-electron chi connectivity index (χ0n) is 11.9. The Balaban J connectivity index is 1.91. The van der Waals surface area contributed by atoms with Crippen LogP contribution in [0.25, 0.3) is 0 Å². The fraction of sp³-hybridized carbons (Fsp3) is 0.625. The van der Waals surface area contributed by atoms with E-state index in [0.29, 0.717) is 12.1 Å². The molecule has 1 aliphatic heterocycles. The molecule has 2 N–H and O–H groups in total. The number of ether oxygens (including phenoxy) is 1. The molecular formula is C16H26N2O. The molecule has 1 aromatic rings. The van der Waals surface area contributed by atoms with Crippen LogP contribution in [0.4, 0.5) is 0 Å². The van der Waals surface area contributed by atoms with Crippen molar-refractivity contribution in [1.29, 1.82) is 0 Å². The summed E-state index contributed by atoms with van der Waals surface area (Å²) >= 11 is 0. The summed E-state index contributed by atoms with van der Waals surface area (Å²) in [5, 5.41) is 0. The Morgan fingerprint density at radius 1 is 1.37 bits per heavy atom. The van der Waals surface area contributed by atoms with Gasteiger partial charge >= 0.3 is 0 Å².